The summed E-state index contributed by atoms with van der Waals surface area (Å²) < 4.78 is 15.3. The summed E-state index contributed by atoms with van der Waals surface area (Å²) in [6, 6.07) is 7.05. The summed E-state index contributed by atoms with van der Waals surface area (Å²) in [7, 11) is 1.44. The summed E-state index contributed by atoms with van der Waals surface area (Å²) in [5, 5.41) is 0. The van der Waals surface area contributed by atoms with Gasteiger partial charge in [0.2, 0.25) is 0 Å². The Kier molecular flexibility index (Phi) is 4.79. The van der Waals surface area contributed by atoms with E-state index < -0.39 is 5.97 Å². The van der Waals surface area contributed by atoms with Gasteiger partial charge in [-0.1, -0.05) is 12.1 Å². The van der Waals surface area contributed by atoms with E-state index in [1.807, 2.05) is 19.9 Å². The van der Waals surface area contributed by atoms with Gasteiger partial charge in [-0.2, -0.15) is 0 Å². The Morgan fingerprint density at radius 2 is 1.88 bits per heavy atom. The fourth-order valence-corrected chi connectivity index (χ4v) is 1.16. The Labute approximate surface area is 95.1 Å². The van der Waals surface area contributed by atoms with Gasteiger partial charge in [-0.3, -0.25) is 0 Å². The van der Waals surface area contributed by atoms with Crippen molar-refractivity contribution in [1.82, 2.24) is 0 Å². The molecule has 0 amide bonds. The van der Waals surface area contributed by atoms with Crippen LogP contribution >= 0.6 is 0 Å². The third-order valence-corrected chi connectivity index (χ3v) is 1.70. The van der Waals surface area contributed by atoms with E-state index >= 15 is 0 Å². The van der Waals surface area contributed by atoms with Crippen molar-refractivity contribution < 1.29 is 19.0 Å². The second-order valence-corrected chi connectivity index (χ2v) is 3.52. The number of esters is 1. The molecule has 0 atom stereocenters. The Morgan fingerprint density at radius 1 is 1.25 bits per heavy atom. The van der Waals surface area contributed by atoms with Crippen molar-refractivity contribution in [2.24, 2.45) is 0 Å². The summed E-state index contributed by atoms with van der Waals surface area (Å²) in [4.78, 5) is 11.2. The highest BCUT2D eigenvalue weighted by atomic mass is 16.6. The second-order valence-electron chi connectivity index (χ2n) is 3.52. The molecule has 0 aliphatic heterocycles. The van der Waals surface area contributed by atoms with E-state index in [1.54, 1.807) is 18.2 Å². The summed E-state index contributed by atoms with van der Waals surface area (Å²) in [5.74, 6) is 0.530. The molecule has 0 saturated heterocycles. The molecule has 0 aliphatic rings. The number of benzene rings is 1. The van der Waals surface area contributed by atoms with Gasteiger partial charge >= 0.3 is 5.97 Å². The van der Waals surface area contributed by atoms with Crippen LogP contribution in [0.2, 0.25) is 0 Å². The van der Waals surface area contributed by atoms with E-state index in [0.717, 1.165) is 0 Å². The molecular weight excluding hydrogens is 208 g/mol. The maximum atomic E-state index is 11.2. The fourth-order valence-electron chi connectivity index (χ4n) is 1.16. The minimum absolute atomic E-state index is 0.0299. The molecular formula is C12H16O4. The van der Waals surface area contributed by atoms with Crippen LogP contribution in [-0.4, -0.2) is 25.8 Å². The van der Waals surface area contributed by atoms with Crippen LogP contribution in [-0.2, 0) is 9.53 Å². The minimum Gasteiger partial charge on any atom is -0.487 e. The van der Waals surface area contributed by atoms with Crippen LogP contribution in [0.3, 0.4) is 0 Å². The van der Waals surface area contributed by atoms with Crippen molar-refractivity contribution in [3.8, 4) is 11.5 Å². The van der Waals surface area contributed by atoms with Gasteiger partial charge in [0, 0.05) is 7.11 Å². The quantitative estimate of drug-likeness (QED) is 0.567. The lowest BCUT2D eigenvalue weighted by atomic mass is 10.3. The molecule has 0 N–H and O–H groups in total. The maximum absolute atomic E-state index is 11.2. The molecule has 0 heterocycles. The normalized spacial score (nSPS) is 10.2. The van der Waals surface area contributed by atoms with E-state index in [-0.39, 0.29) is 12.7 Å². The molecule has 0 aromatic heterocycles. The predicted molar refractivity (Wildman–Crippen MR) is 59.7 cm³/mol. The summed E-state index contributed by atoms with van der Waals surface area (Å²) in [5.41, 5.74) is 0. The van der Waals surface area contributed by atoms with Crippen molar-refractivity contribution in [1.29, 1.82) is 0 Å². The van der Waals surface area contributed by atoms with Gasteiger partial charge in [0.1, 0.15) is 6.61 Å². The zero-order valence-corrected chi connectivity index (χ0v) is 9.73. The van der Waals surface area contributed by atoms with Crippen LogP contribution in [0.15, 0.2) is 24.3 Å². The highest BCUT2D eigenvalue weighted by Crippen LogP contribution is 2.27. The molecule has 16 heavy (non-hydrogen) atoms. The monoisotopic (exact) mass is 224 g/mol. The van der Waals surface area contributed by atoms with Gasteiger partial charge < -0.3 is 14.2 Å². The average Bonchev–Trinajstić information content (AvgIpc) is 2.20. The zero-order chi connectivity index (χ0) is 12.0. The standard InChI is InChI=1S/C12H16O4/c1-9(2)15-10-6-4-5-7-11(10)16-12(13)8-14-3/h4-7,9H,8H2,1-3H3. The predicted octanol–water partition coefficient (Wildman–Crippen LogP) is 2.03. The van der Waals surface area contributed by atoms with Gasteiger partial charge in [-0.15, -0.1) is 0 Å². The number of para-hydroxylation sites is 2. The summed E-state index contributed by atoms with van der Waals surface area (Å²) >= 11 is 0. The minimum atomic E-state index is -0.442. The Balaban J connectivity index is 2.74. The number of hydrogen-bond acceptors (Lipinski definition) is 4. The maximum Gasteiger partial charge on any atom is 0.337 e. The Hall–Kier alpha value is -1.55. The molecule has 4 nitrogen and oxygen atoms in total. The molecule has 1 aromatic rings. The largest absolute Gasteiger partial charge is 0.487 e. The first-order valence-corrected chi connectivity index (χ1v) is 5.08. The first-order valence-electron chi connectivity index (χ1n) is 5.08. The third kappa shape index (κ3) is 3.90. The first kappa shape index (κ1) is 12.5. The number of carbonyl (C=O) groups is 1. The Bertz CT molecular complexity index is 347. The molecule has 0 fully saturated rings. The number of carbonyl (C=O) groups excluding carboxylic acids is 1. The molecule has 0 aliphatic carbocycles. The van der Waals surface area contributed by atoms with Crippen LogP contribution in [0, 0.1) is 0 Å². The molecule has 88 valence electrons. The summed E-state index contributed by atoms with van der Waals surface area (Å²) in [6.45, 7) is 3.75. The van der Waals surface area contributed by atoms with Gasteiger partial charge in [0.25, 0.3) is 0 Å². The lowest BCUT2D eigenvalue weighted by Gasteiger charge is -2.13. The number of methoxy groups -OCH3 is 1. The van der Waals surface area contributed by atoms with Crippen LogP contribution in [0.25, 0.3) is 0 Å². The van der Waals surface area contributed by atoms with E-state index in [9.17, 15) is 4.79 Å². The number of rotatable bonds is 5. The molecule has 0 bridgehead atoms. The molecule has 0 radical (unpaired) electrons. The molecule has 0 spiro atoms. The smallest absolute Gasteiger partial charge is 0.337 e. The van der Waals surface area contributed by atoms with Crippen LogP contribution < -0.4 is 9.47 Å². The topological polar surface area (TPSA) is 44.8 Å². The van der Waals surface area contributed by atoms with Crippen LogP contribution in [0.4, 0.5) is 0 Å². The zero-order valence-electron chi connectivity index (χ0n) is 9.73. The van der Waals surface area contributed by atoms with E-state index in [4.69, 9.17) is 9.47 Å². The molecule has 1 rings (SSSR count). The van der Waals surface area contributed by atoms with E-state index in [1.165, 1.54) is 7.11 Å². The van der Waals surface area contributed by atoms with Crippen molar-refractivity contribution in [2.75, 3.05) is 13.7 Å². The van der Waals surface area contributed by atoms with Crippen molar-refractivity contribution in [2.45, 2.75) is 20.0 Å². The van der Waals surface area contributed by atoms with Crippen molar-refractivity contribution in [3.63, 3.8) is 0 Å². The lowest BCUT2D eigenvalue weighted by Crippen LogP contribution is -2.15. The number of hydrogen-bond donors (Lipinski definition) is 0. The van der Waals surface area contributed by atoms with Gasteiger partial charge in [-0.05, 0) is 26.0 Å². The fraction of sp³-hybridized carbons (Fsp3) is 0.417. The van der Waals surface area contributed by atoms with Crippen LogP contribution in [0.1, 0.15) is 13.8 Å². The second kappa shape index (κ2) is 6.12. The highest BCUT2D eigenvalue weighted by Gasteiger charge is 2.10. The highest BCUT2D eigenvalue weighted by molar-refractivity contribution is 5.74. The van der Waals surface area contributed by atoms with Crippen LogP contribution in [0.5, 0.6) is 11.5 Å². The van der Waals surface area contributed by atoms with Gasteiger partial charge in [0.15, 0.2) is 11.5 Å². The van der Waals surface area contributed by atoms with E-state index in [0.29, 0.717) is 11.5 Å². The Morgan fingerprint density at radius 3 is 2.44 bits per heavy atom. The third-order valence-electron chi connectivity index (χ3n) is 1.70. The number of ether oxygens (including phenoxy) is 3. The van der Waals surface area contributed by atoms with Gasteiger partial charge in [0.05, 0.1) is 6.10 Å². The molecule has 0 saturated carbocycles. The summed E-state index contributed by atoms with van der Waals surface area (Å²) in [6.07, 6.45) is 0.0299. The van der Waals surface area contributed by atoms with Crippen molar-refractivity contribution in [3.05, 3.63) is 24.3 Å². The average molecular weight is 224 g/mol. The molecule has 0 unspecified atom stereocenters. The van der Waals surface area contributed by atoms with E-state index in [2.05, 4.69) is 4.74 Å². The van der Waals surface area contributed by atoms with Crippen molar-refractivity contribution >= 4 is 5.97 Å². The van der Waals surface area contributed by atoms with Gasteiger partial charge in [-0.25, -0.2) is 4.79 Å². The molecule has 1 aromatic carbocycles. The molecule has 4 heteroatoms. The first-order chi connectivity index (χ1) is 7.63. The lowest BCUT2D eigenvalue weighted by molar-refractivity contribution is -0.138. The SMILES string of the molecule is COCC(=O)Oc1ccccc1OC(C)C.